The van der Waals surface area contributed by atoms with Gasteiger partial charge in [-0.1, -0.05) is 34.8 Å². The van der Waals surface area contributed by atoms with Gasteiger partial charge in [0.2, 0.25) is 0 Å². The molecule has 0 heterocycles. The average molecular weight is 394 g/mol. The van der Waals surface area contributed by atoms with Crippen LogP contribution in [0.2, 0.25) is 15.1 Å². The van der Waals surface area contributed by atoms with Crippen molar-refractivity contribution < 1.29 is 4.74 Å². The van der Waals surface area contributed by atoms with Crippen molar-refractivity contribution in [3.63, 3.8) is 0 Å². The van der Waals surface area contributed by atoms with Crippen molar-refractivity contribution in [3.05, 3.63) is 55.4 Å². The number of amidine groups is 1. The number of nitrogen functional groups attached to an aromatic ring is 1. The van der Waals surface area contributed by atoms with E-state index in [4.69, 9.17) is 50.7 Å². The highest BCUT2D eigenvalue weighted by molar-refractivity contribution is 9.10. The van der Waals surface area contributed by atoms with Gasteiger partial charge in [0.05, 0.1) is 19.5 Å². The Morgan fingerprint density at radius 3 is 2.25 bits per heavy atom. The summed E-state index contributed by atoms with van der Waals surface area (Å²) >= 11 is 21.2. The first-order valence-corrected chi connectivity index (χ1v) is 7.27. The second-order valence-electron chi connectivity index (χ2n) is 3.86. The summed E-state index contributed by atoms with van der Waals surface area (Å²) in [6.45, 7) is 0. The number of halogens is 4. The molecule has 0 aliphatic heterocycles. The highest BCUT2D eigenvalue weighted by Crippen LogP contribution is 2.38. The summed E-state index contributed by atoms with van der Waals surface area (Å²) in [7, 11) is 0. The molecule has 0 aliphatic carbocycles. The Morgan fingerprint density at radius 1 is 1.00 bits per heavy atom. The minimum Gasteiger partial charge on any atom is -0.455 e. The molecule has 0 aromatic heterocycles. The molecule has 20 heavy (non-hydrogen) atoms. The summed E-state index contributed by atoms with van der Waals surface area (Å²) in [4.78, 5) is 0. The summed E-state index contributed by atoms with van der Waals surface area (Å²) in [6.07, 6.45) is 0. The first-order valence-electron chi connectivity index (χ1n) is 5.35. The highest BCUT2D eigenvalue weighted by Gasteiger charge is 2.11. The number of hydrogen-bond acceptors (Lipinski definition) is 2. The van der Waals surface area contributed by atoms with Crippen molar-refractivity contribution in [2.45, 2.75) is 0 Å². The SMILES string of the molecule is N=C(N)c1ccc(Oc2cc(Cl)c(Cl)cc2Cl)c(Br)c1. The van der Waals surface area contributed by atoms with Crippen LogP contribution in [0.5, 0.6) is 11.5 Å². The van der Waals surface area contributed by atoms with Gasteiger partial charge in [-0.3, -0.25) is 5.41 Å². The van der Waals surface area contributed by atoms with Crippen LogP contribution < -0.4 is 10.5 Å². The predicted molar refractivity (Wildman–Crippen MR) is 86.7 cm³/mol. The molecule has 0 saturated heterocycles. The van der Waals surface area contributed by atoms with Crippen molar-refractivity contribution in [1.82, 2.24) is 0 Å². The third-order valence-electron chi connectivity index (χ3n) is 2.44. The summed E-state index contributed by atoms with van der Waals surface area (Å²) in [6, 6.07) is 8.09. The van der Waals surface area contributed by atoms with E-state index >= 15 is 0 Å². The maximum Gasteiger partial charge on any atom is 0.147 e. The molecular weight excluding hydrogens is 386 g/mol. The van der Waals surface area contributed by atoms with Crippen LogP contribution in [0, 0.1) is 5.41 Å². The molecule has 2 aromatic carbocycles. The number of ether oxygens (including phenoxy) is 1. The number of benzene rings is 2. The standard InChI is InChI=1S/C13H8BrCl3N2O/c14-7-3-6(13(18)19)1-2-11(7)20-12-5-9(16)8(15)4-10(12)17/h1-5H,(H3,18,19). The van der Waals surface area contributed by atoms with Crippen LogP contribution >= 0.6 is 50.7 Å². The second kappa shape index (κ2) is 6.22. The molecule has 0 radical (unpaired) electrons. The minimum atomic E-state index is -0.0233. The Morgan fingerprint density at radius 2 is 1.65 bits per heavy atom. The molecule has 0 aliphatic rings. The molecule has 0 saturated carbocycles. The Labute approximate surface area is 139 Å². The predicted octanol–water partition coefficient (Wildman–Crippen LogP) is 5.49. The molecule has 0 atom stereocenters. The third kappa shape index (κ3) is 3.38. The highest BCUT2D eigenvalue weighted by atomic mass is 79.9. The first kappa shape index (κ1) is 15.4. The summed E-state index contributed by atoms with van der Waals surface area (Å²) in [5.41, 5.74) is 6.00. The number of nitrogens with two attached hydrogens (primary N) is 1. The molecule has 2 aromatic rings. The molecule has 0 bridgehead atoms. The fourth-order valence-corrected chi connectivity index (χ4v) is 2.49. The van der Waals surface area contributed by atoms with E-state index in [1.807, 2.05) is 0 Å². The zero-order valence-electron chi connectivity index (χ0n) is 9.88. The van der Waals surface area contributed by atoms with Crippen LogP contribution in [0.4, 0.5) is 0 Å². The van der Waals surface area contributed by atoms with Crippen molar-refractivity contribution in [1.29, 1.82) is 5.41 Å². The molecule has 3 nitrogen and oxygen atoms in total. The van der Waals surface area contributed by atoms with Gasteiger partial charge in [-0.25, -0.2) is 0 Å². The van der Waals surface area contributed by atoms with Crippen molar-refractivity contribution in [3.8, 4) is 11.5 Å². The monoisotopic (exact) mass is 392 g/mol. The molecule has 0 spiro atoms. The van der Waals surface area contributed by atoms with Crippen LogP contribution in [0.1, 0.15) is 5.56 Å². The minimum absolute atomic E-state index is 0.0233. The zero-order valence-corrected chi connectivity index (χ0v) is 13.7. The molecule has 7 heteroatoms. The van der Waals surface area contributed by atoms with Gasteiger partial charge in [-0.15, -0.1) is 0 Å². The van der Waals surface area contributed by atoms with Gasteiger partial charge in [0.25, 0.3) is 0 Å². The lowest BCUT2D eigenvalue weighted by Crippen LogP contribution is -2.10. The van der Waals surface area contributed by atoms with Gasteiger partial charge < -0.3 is 10.5 Å². The van der Waals surface area contributed by atoms with Gasteiger partial charge in [0.15, 0.2) is 0 Å². The molecule has 0 unspecified atom stereocenters. The Hall–Kier alpha value is -0.940. The summed E-state index contributed by atoms with van der Waals surface area (Å²) < 4.78 is 6.32. The molecule has 3 N–H and O–H groups in total. The Bertz CT molecular complexity index is 692. The quantitative estimate of drug-likeness (QED) is 0.411. The Balaban J connectivity index is 2.35. The smallest absolute Gasteiger partial charge is 0.147 e. The summed E-state index contributed by atoms with van der Waals surface area (Å²) in [5, 5.41) is 8.43. The van der Waals surface area contributed by atoms with E-state index in [9.17, 15) is 0 Å². The normalized spacial score (nSPS) is 10.4. The lowest BCUT2D eigenvalue weighted by Gasteiger charge is -2.11. The lowest BCUT2D eigenvalue weighted by molar-refractivity contribution is 0.480. The van der Waals surface area contributed by atoms with Gasteiger partial charge in [0, 0.05) is 11.6 Å². The lowest BCUT2D eigenvalue weighted by atomic mass is 10.2. The molecule has 104 valence electrons. The fraction of sp³-hybridized carbons (Fsp3) is 0. The first-order chi connectivity index (χ1) is 9.38. The number of nitrogens with one attached hydrogen (secondary N) is 1. The maximum atomic E-state index is 7.37. The topological polar surface area (TPSA) is 59.1 Å². The van der Waals surface area contributed by atoms with Crippen LogP contribution in [0.25, 0.3) is 0 Å². The largest absolute Gasteiger partial charge is 0.455 e. The van der Waals surface area contributed by atoms with Crippen molar-refractivity contribution in [2.24, 2.45) is 5.73 Å². The third-order valence-corrected chi connectivity index (χ3v) is 4.07. The summed E-state index contributed by atoms with van der Waals surface area (Å²) in [5.74, 6) is 0.887. The van der Waals surface area contributed by atoms with Gasteiger partial charge in [0.1, 0.15) is 17.3 Å². The van der Waals surface area contributed by atoms with E-state index in [-0.39, 0.29) is 5.84 Å². The van der Waals surface area contributed by atoms with E-state index in [2.05, 4.69) is 15.9 Å². The van der Waals surface area contributed by atoms with Crippen molar-refractivity contribution in [2.75, 3.05) is 0 Å². The van der Waals surface area contributed by atoms with Gasteiger partial charge >= 0.3 is 0 Å². The fourth-order valence-electron chi connectivity index (χ4n) is 1.45. The van der Waals surface area contributed by atoms with E-state index in [1.54, 1.807) is 18.2 Å². The molecule has 0 amide bonds. The van der Waals surface area contributed by atoms with E-state index in [1.165, 1.54) is 12.1 Å². The Kier molecular flexibility index (Phi) is 4.81. The van der Waals surface area contributed by atoms with Crippen molar-refractivity contribution >= 4 is 56.6 Å². The maximum absolute atomic E-state index is 7.37. The van der Waals surface area contributed by atoms with Gasteiger partial charge in [-0.05, 0) is 40.2 Å². The molecule has 2 rings (SSSR count). The van der Waals surface area contributed by atoms with E-state index in [0.29, 0.717) is 36.6 Å². The van der Waals surface area contributed by atoms with Crippen LogP contribution in [-0.2, 0) is 0 Å². The van der Waals surface area contributed by atoms with E-state index < -0.39 is 0 Å². The van der Waals surface area contributed by atoms with Crippen LogP contribution in [-0.4, -0.2) is 5.84 Å². The molecule has 0 fully saturated rings. The van der Waals surface area contributed by atoms with Gasteiger partial charge in [-0.2, -0.15) is 0 Å². The second-order valence-corrected chi connectivity index (χ2v) is 5.93. The zero-order chi connectivity index (χ0) is 14.9. The van der Waals surface area contributed by atoms with Crippen LogP contribution in [0.3, 0.4) is 0 Å². The number of rotatable bonds is 3. The molecular formula is C13H8BrCl3N2O. The van der Waals surface area contributed by atoms with E-state index in [0.717, 1.165) is 0 Å². The number of hydrogen-bond donors (Lipinski definition) is 2. The van der Waals surface area contributed by atoms with Crippen LogP contribution in [0.15, 0.2) is 34.8 Å². The average Bonchev–Trinajstić information content (AvgIpc) is 2.37.